The number of aliphatic imine (C=N–C) groups is 1. The van der Waals surface area contributed by atoms with E-state index >= 15 is 0 Å². The lowest BCUT2D eigenvalue weighted by molar-refractivity contribution is 0.0220. The van der Waals surface area contributed by atoms with Crippen molar-refractivity contribution >= 4 is 5.96 Å². The molecule has 1 aliphatic heterocycles. The van der Waals surface area contributed by atoms with Gasteiger partial charge in [0.25, 0.3) is 0 Å². The maximum Gasteiger partial charge on any atom is 0.191 e. The molecule has 0 radical (unpaired) electrons. The molecule has 1 fully saturated rings. The molecule has 1 saturated heterocycles. The number of rotatable bonds is 11. The summed E-state index contributed by atoms with van der Waals surface area (Å²) in [5.41, 5.74) is 1.25. The third kappa shape index (κ3) is 7.45. The Labute approximate surface area is 182 Å². The normalized spacial score (nSPS) is 17.6. The van der Waals surface area contributed by atoms with Crippen LogP contribution >= 0.6 is 0 Å². The lowest BCUT2D eigenvalue weighted by Crippen LogP contribution is -2.45. The Kier molecular flexibility index (Phi) is 11.0. The molecule has 2 N–H and O–H groups in total. The fourth-order valence-electron chi connectivity index (χ4n) is 3.86. The molecule has 2 atom stereocenters. The number of methoxy groups -OCH3 is 1. The van der Waals surface area contributed by atoms with Crippen LogP contribution in [0.4, 0.5) is 0 Å². The Balaban J connectivity index is 2.06. The largest absolute Gasteiger partial charge is 0.497 e. The summed E-state index contributed by atoms with van der Waals surface area (Å²) < 4.78 is 10.9. The molecule has 0 aliphatic carbocycles. The van der Waals surface area contributed by atoms with E-state index in [1.54, 1.807) is 7.11 Å². The molecule has 7 nitrogen and oxygen atoms in total. The Morgan fingerprint density at radius 3 is 2.57 bits per heavy atom. The van der Waals surface area contributed by atoms with E-state index in [0.717, 1.165) is 70.7 Å². The zero-order chi connectivity index (χ0) is 21.8. The molecule has 0 aromatic heterocycles. The molecule has 1 aliphatic rings. The van der Waals surface area contributed by atoms with Crippen LogP contribution in [0.25, 0.3) is 0 Å². The summed E-state index contributed by atoms with van der Waals surface area (Å²) in [5, 5.41) is 6.98. The maximum absolute atomic E-state index is 5.47. The van der Waals surface area contributed by atoms with Crippen molar-refractivity contribution in [2.75, 3.05) is 66.1 Å². The first-order valence-corrected chi connectivity index (χ1v) is 11.3. The average Bonchev–Trinajstić information content (AvgIpc) is 2.80. The van der Waals surface area contributed by atoms with Crippen molar-refractivity contribution in [3.63, 3.8) is 0 Å². The fourth-order valence-corrected chi connectivity index (χ4v) is 3.86. The molecule has 1 aromatic rings. The van der Waals surface area contributed by atoms with Crippen molar-refractivity contribution in [2.24, 2.45) is 4.99 Å². The summed E-state index contributed by atoms with van der Waals surface area (Å²) in [4.78, 5) is 9.78. The third-order valence-corrected chi connectivity index (χ3v) is 5.72. The van der Waals surface area contributed by atoms with Gasteiger partial charge < -0.3 is 20.1 Å². The van der Waals surface area contributed by atoms with Gasteiger partial charge >= 0.3 is 0 Å². The van der Waals surface area contributed by atoms with Gasteiger partial charge in [-0.25, -0.2) is 0 Å². The minimum Gasteiger partial charge on any atom is -0.497 e. The topological polar surface area (TPSA) is 61.4 Å². The number of nitrogens with one attached hydrogen (secondary N) is 2. The van der Waals surface area contributed by atoms with E-state index in [2.05, 4.69) is 66.3 Å². The first-order chi connectivity index (χ1) is 14.6. The smallest absolute Gasteiger partial charge is 0.191 e. The monoisotopic (exact) mass is 419 g/mol. The summed E-state index contributed by atoms with van der Waals surface area (Å²) >= 11 is 0. The van der Waals surface area contributed by atoms with Gasteiger partial charge in [0.2, 0.25) is 0 Å². The van der Waals surface area contributed by atoms with E-state index in [9.17, 15) is 0 Å². The zero-order valence-electron chi connectivity index (χ0n) is 19.5. The van der Waals surface area contributed by atoms with Crippen LogP contribution < -0.4 is 15.4 Å². The van der Waals surface area contributed by atoms with Crippen LogP contribution in [-0.4, -0.2) is 87.9 Å². The summed E-state index contributed by atoms with van der Waals surface area (Å²) in [6.07, 6.45) is 0. The summed E-state index contributed by atoms with van der Waals surface area (Å²) in [6, 6.07) is 9.02. The number of morpholine rings is 1. The predicted octanol–water partition coefficient (Wildman–Crippen LogP) is 2.35. The second kappa shape index (κ2) is 13.5. The van der Waals surface area contributed by atoms with Crippen LogP contribution in [0.5, 0.6) is 5.75 Å². The van der Waals surface area contributed by atoms with E-state index < -0.39 is 0 Å². The van der Waals surface area contributed by atoms with E-state index in [-0.39, 0.29) is 6.04 Å². The number of benzene rings is 1. The van der Waals surface area contributed by atoms with Gasteiger partial charge in [-0.15, -0.1) is 0 Å². The Bertz CT molecular complexity index is 630. The fraction of sp³-hybridized carbons (Fsp3) is 0.696. The van der Waals surface area contributed by atoms with Crippen LogP contribution in [0.2, 0.25) is 0 Å². The predicted molar refractivity (Wildman–Crippen MR) is 124 cm³/mol. The molecule has 0 bridgehead atoms. The molecule has 2 rings (SSSR count). The minimum atomic E-state index is 0.246. The number of nitrogens with zero attached hydrogens (tertiary/aromatic N) is 3. The van der Waals surface area contributed by atoms with Gasteiger partial charge in [0.1, 0.15) is 5.75 Å². The van der Waals surface area contributed by atoms with Gasteiger partial charge in [-0.2, -0.15) is 0 Å². The number of likely N-dealkylation sites (N-methyl/N-ethyl adjacent to an activating group) is 1. The molecule has 7 heteroatoms. The second-order valence-electron chi connectivity index (χ2n) is 7.61. The molecule has 0 amide bonds. The highest BCUT2D eigenvalue weighted by Crippen LogP contribution is 2.23. The van der Waals surface area contributed by atoms with Gasteiger partial charge in [0, 0.05) is 32.2 Å². The zero-order valence-corrected chi connectivity index (χ0v) is 19.5. The standard InChI is InChI=1S/C23H41N5O2/c1-6-24-23(25-17-19(4)28-12-14-30-15-13-28)26-18-22(27(7-2)8-3)20-10-9-11-21(16-20)29-5/h9-11,16,19,22H,6-8,12-15,17-18H2,1-5H3,(H2,24,25,26). The average molecular weight is 420 g/mol. The van der Waals surface area contributed by atoms with Crippen LogP contribution in [0, 0.1) is 0 Å². The van der Waals surface area contributed by atoms with E-state index in [4.69, 9.17) is 14.5 Å². The Morgan fingerprint density at radius 2 is 1.93 bits per heavy atom. The number of guanidine groups is 1. The van der Waals surface area contributed by atoms with Crippen molar-refractivity contribution < 1.29 is 9.47 Å². The van der Waals surface area contributed by atoms with Gasteiger partial charge in [-0.05, 0) is 44.6 Å². The first kappa shape index (κ1) is 24.4. The van der Waals surface area contributed by atoms with Crippen molar-refractivity contribution in [3.8, 4) is 5.75 Å². The highest BCUT2D eigenvalue weighted by molar-refractivity contribution is 5.79. The quantitative estimate of drug-likeness (QED) is 0.424. The Morgan fingerprint density at radius 1 is 1.20 bits per heavy atom. The van der Waals surface area contributed by atoms with Crippen molar-refractivity contribution in [1.29, 1.82) is 0 Å². The molecule has 0 saturated carbocycles. The molecule has 1 heterocycles. The summed E-state index contributed by atoms with van der Waals surface area (Å²) in [5.74, 6) is 1.77. The molecular formula is C23H41N5O2. The van der Waals surface area contributed by atoms with Crippen LogP contribution in [-0.2, 0) is 4.74 Å². The lowest BCUT2D eigenvalue weighted by atomic mass is 10.0. The highest BCUT2D eigenvalue weighted by atomic mass is 16.5. The maximum atomic E-state index is 5.47. The van der Waals surface area contributed by atoms with Crippen molar-refractivity contribution in [3.05, 3.63) is 29.8 Å². The van der Waals surface area contributed by atoms with E-state index in [1.165, 1.54) is 5.56 Å². The molecular weight excluding hydrogens is 378 g/mol. The highest BCUT2D eigenvalue weighted by Gasteiger charge is 2.20. The lowest BCUT2D eigenvalue weighted by Gasteiger charge is -2.32. The van der Waals surface area contributed by atoms with Gasteiger partial charge in [0.05, 0.1) is 32.9 Å². The van der Waals surface area contributed by atoms with Crippen molar-refractivity contribution in [1.82, 2.24) is 20.4 Å². The van der Waals surface area contributed by atoms with Crippen LogP contribution in [0.3, 0.4) is 0 Å². The first-order valence-electron chi connectivity index (χ1n) is 11.3. The summed E-state index contributed by atoms with van der Waals surface area (Å²) in [6.45, 7) is 16.7. The number of ether oxygens (including phenoxy) is 2. The molecule has 1 aromatic carbocycles. The van der Waals surface area contributed by atoms with Crippen LogP contribution in [0.1, 0.15) is 39.3 Å². The Hall–Kier alpha value is -1.83. The molecule has 0 spiro atoms. The van der Waals surface area contributed by atoms with E-state index in [0.29, 0.717) is 6.04 Å². The molecule has 30 heavy (non-hydrogen) atoms. The molecule has 2 unspecified atom stereocenters. The van der Waals surface area contributed by atoms with E-state index in [1.807, 2.05) is 6.07 Å². The summed E-state index contributed by atoms with van der Waals surface area (Å²) in [7, 11) is 1.72. The number of hydrogen-bond donors (Lipinski definition) is 2. The van der Waals surface area contributed by atoms with Gasteiger partial charge in [0.15, 0.2) is 5.96 Å². The van der Waals surface area contributed by atoms with Gasteiger partial charge in [-0.3, -0.25) is 14.8 Å². The molecule has 170 valence electrons. The van der Waals surface area contributed by atoms with Crippen molar-refractivity contribution in [2.45, 2.75) is 39.8 Å². The minimum absolute atomic E-state index is 0.246. The van der Waals surface area contributed by atoms with Crippen LogP contribution in [0.15, 0.2) is 29.3 Å². The third-order valence-electron chi connectivity index (χ3n) is 5.72. The SMILES string of the molecule is CCNC(=NCC(C)N1CCOCC1)NCC(c1cccc(OC)c1)N(CC)CC. The van der Waals surface area contributed by atoms with Gasteiger partial charge in [-0.1, -0.05) is 26.0 Å². The number of hydrogen-bond acceptors (Lipinski definition) is 5. The second-order valence-corrected chi connectivity index (χ2v) is 7.61.